The van der Waals surface area contributed by atoms with Crippen molar-refractivity contribution < 1.29 is 9.90 Å². The summed E-state index contributed by atoms with van der Waals surface area (Å²) >= 11 is 0. The fourth-order valence-corrected chi connectivity index (χ4v) is 2.70. The predicted molar refractivity (Wildman–Crippen MR) is 113 cm³/mol. The van der Waals surface area contributed by atoms with Gasteiger partial charge in [-0.3, -0.25) is 4.99 Å². The standard InChI is InChI=1S/C21H17N7O2/c22-10-13-3-1-5-15(7-13)17-9-18(27-21(23)26-17)19(28-24)12-25-11-14-4-2-6-16(8-14)20(29)30/h1-9,12H,11,24H2,(H,29,30)(H2,23,26,27). The van der Waals surface area contributed by atoms with Crippen molar-refractivity contribution in [2.75, 3.05) is 5.73 Å². The first-order valence-electron chi connectivity index (χ1n) is 8.75. The van der Waals surface area contributed by atoms with E-state index in [-0.39, 0.29) is 23.8 Å². The second-order valence-corrected chi connectivity index (χ2v) is 6.18. The van der Waals surface area contributed by atoms with Gasteiger partial charge in [0.15, 0.2) is 0 Å². The molecule has 1 aromatic heterocycles. The number of aliphatic imine (C=N–C) groups is 1. The number of benzene rings is 2. The van der Waals surface area contributed by atoms with Crippen molar-refractivity contribution in [3.05, 3.63) is 77.0 Å². The number of nitrogens with zero attached hydrogens (tertiary/aromatic N) is 5. The van der Waals surface area contributed by atoms with E-state index in [2.05, 4.69) is 26.1 Å². The van der Waals surface area contributed by atoms with Crippen LogP contribution in [0.2, 0.25) is 0 Å². The molecule has 0 unspecified atom stereocenters. The molecule has 0 atom stereocenters. The van der Waals surface area contributed by atoms with Gasteiger partial charge in [-0.05, 0) is 35.9 Å². The maximum atomic E-state index is 11.1. The van der Waals surface area contributed by atoms with Crippen molar-refractivity contribution in [3.63, 3.8) is 0 Å². The molecule has 0 fully saturated rings. The van der Waals surface area contributed by atoms with Crippen LogP contribution in [0, 0.1) is 11.3 Å². The van der Waals surface area contributed by atoms with Gasteiger partial charge in [0.25, 0.3) is 0 Å². The number of carbonyl (C=O) groups is 1. The van der Waals surface area contributed by atoms with E-state index in [1.807, 2.05) is 0 Å². The number of nitriles is 1. The first kappa shape index (κ1) is 20.2. The Labute approximate surface area is 172 Å². The number of rotatable bonds is 6. The van der Waals surface area contributed by atoms with Crippen molar-refractivity contribution in [2.45, 2.75) is 6.54 Å². The highest BCUT2D eigenvalue weighted by Crippen LogP contribution is 2.20. The Hall–Kier alpha value is -4.58. The van der Waals surface area contributed by atoms with Crippen molar-refractivity contribution in [1.29, 1.82) is 5.26 Å². The van der Waals surface area contributed by atoms with Gasteiger partial charge in [-0.2, -0.15) is 10.4 Å². The normalized spacial score (nSPS) is 11.4. The third kappa shape index (κ3) is 4.82. The molecule has 0 aliphatic rings. The summed E-state index contributed by atoms with van der Waals surface area (Å²) in [7, 11) is 0. The smallest absolute Gasteiger partial charge is 0.335 e. The maximum absolute atomic E-state index is 11.1. The van der Waals surface area contributed by atoms with E-state index in [1.165, 1.54) is 12.3 Å². The number of hydrazone groups is 1. The minimum atomic E-state index is -1.01. The number of nitrogen functional groups attached to an aromatic ring is 1. The Morgan fingerprint density at radius 3 is 2.70 bits per heavy atom. The fraction of sp³-hybridized carbons (Fsp3) is 0.0476. The van der Waals surface area contributed by atoms with Crippen molar-refractivity contribution >= 4 is 23.8 Å². The summed E-state index contributed by atoms with van der Waals surface area (Å²) in [4.78, 5) is 23.7. The van der Waals surface area contributed by atoms with Crippen LogP contribution >= 0.6 is 0 Å². The fourth-order valence-electron chi connectivity index (χ4n) is 2.70. The number of aromatic nitrogens is 2. The summed E-state index contributed by atoms with van der Waals surface area (Å²) in [6.45, 7) is 0.234. The van der Waals surface area contributed by atoms with Crippen LogP contribution in [0.5, 0.6) is 0 Å². The first-order valence-corrected chi connectivity index (χ1v) is 8.75. The lowest BCUT2D eigenvalue weighted by Crippen LogP contribution is -2.11. The largest absolute Gasteiger partial charge is 0.478 e. The number of nitrogens with two attached hydrogens (primary N) is 2. The average Bonchev–Trinajstić information content (AvgIpc) is 2.76. The molecule has 5 N–H and O–H groups in total. The zero-order valence-electron chi connectivity index (χ0n) is 15.7. The number of hydrogen-bond donors (Lipinski definition) is 3. The molecule has 0 saturated heterocycles. The molecular weight excluding hydrogens is 382 g/mol. The van der Waals surface area contributed by atoms with Crippen LogP contribution in [0.15, 0.2) is 64.7 Å². The molecule has 3 aromatic rings. The van der Waals surface area contributed by atoms with Gasteiger partial charge in [0.05, 0.1) is 41.3 Å². The third-order valence-electron chi connectivity index (χ3n) is 4.09. The highest BCUT2D eigenvalue weighted by molar-refractivity contribution is 6.37. The van der Waals surface area contributed by atoms with Crippen molar-refractivity contribution in [2.24, 2.45) is 15.9 Å². The van der Waals surface area contributed by atoms with E-state index in [9.17, 15) is 4.79 Å². The van der Waals surface area contributed by atoms with Crippen LogP contribution in [0.4, 0.5) is 5.95 Å². The molecule has 30 heavy (non-hydrogen) atoms. The van der Waals surface area contributed by atoms with Gasteiger partial charge in [-0.1, -0.05) is 24.3 Å². The molecule has 9 heteroatoms. The molecule has 2 aromatic carbocycles. The van der Waals surface area contributed by atoms with E-state index in [0.717, 1.165) is 5.56 Å². The Balaban J connectivity index is 1.85. The lowest BCUT2D eigenvalue weighted by molar-refractivity contribution is 0.0696. The Morgan fingerprint density at radius 2 is 1.97 bits per heavy atom. The number of aromatic carboxylic acids is 1. The molecule has 3 rings (SSSR count). The number of hydrogen-bond acceptors (Lipinski definition) is 8. The van der Waals surface area contributed by atoms with E-state index in [4.69, 9.17) is 21.9 Å². The molecular formula is C21H17N7O2. The zero-order chi connectivity index (χ0) is 21.5. The quantitative estimate of drug-likeness (QED) is 0.325. The molecule has 0 radical (unpaired) electrons. The SMILES string of the molecule is N#Cc1cccc(-c2cc(C(C=NCc3cccc(C(=O)O)c3)=NN)nc(N)n2)c1. The summed E-state index contributed by atoms with van der Waals surface area (Å²) in [6, 6.07) is 17.1. The highest BCUT2D eigenvalue weighted by atomic mass is 16.4. The summed E-state index contributed by atoms with van der Waals surface area (Å²) in [6.07, 6.45) is 1.44. The van der Waals surface area contributed by atoms with Crippen molar-refractivity contribution in [3.8, 4) is 17.3 Å². The lowest BCUT2D eigenvalue weighted by Gasteiger charge is -2.06. The van der Waals surface area contributed by atoms with Gasteiger partial charge in [0.1, 0.15) is 5.71 Å². The van der Waals surface area contributed by atoms with Gasteiger partial charge in [0, 0.05) is 5.56 Å². The molecule has 1 heterocycles. The van der Waals surface area contributed by atoms with Gasteiger partial charge >= 0.3 is 5.97 Å². The number of carboxylic acid groups (broad SMARTS) is 1. The van der Waals surface area contributed by atoms with Crippen LogP contribution < -0.4 is 11.6 Å². The first-order chi connectivity index (χ1) is 14.5. The van der Waals surface area contributed by atoms with Crippen molar-refractivity contribution in [1.82, 2.24) is 9.97 Å². The molecule has 9 nitrogen and oxygen atoms in total. The monoisotopic (exact) mass is 399 g/mol. The van der Waals surface area contributed by atoms with Gasteiger partial charge in [-0.15, -0.1) is 0 Å². The average molecular weight is 399 g/mol. The van der Waals surface area contributed by atoms with Crippen LogP contribution in [0.25, 0.3) is 11.3 Å². The molecule has 0 bridgehead atoms. The molecule has 0 aliphatic heterocycles. The van der Waals surface area contributed by atoms with Gasteiger partial charge in [0.2, 0.25) is 5.95 Å². The number of anilines is 1. The van der Waals surface area contributed by atoms with Crippen LogP contribution in [-0.2, 0) is 6.54 Å². The second-order valence-electron chi connectivity index (χ2n) is 6.18. The minimum absolute atomic E-state index is 0.0218. The van der Waals surface area contributed by atoms with Crippen LogP contribution in [0.3, 0.4) is 0 Å². The summed E-state index contributed by atoms with van der Waals surface area (Å²) < 4.78 is 0. The van der Waals surface area contributed by atoms with E-state index in [0.29, 0.717) is 22.5 Å². The van der Waals surface area contributed by atoms with Crippen LogP contribution in [-0.4, -0.2) is 33.0 Å². The topological polar surface area (TPSA) is 164 Å². The predicted octanol–water partition coefficient (Wildman–Crippen LogP) is 2.23. The van der Waals surface area contributed by atoms with E-state index < -0.39 is 5.97 Å². The molecule has 0 saturated carbocycles. The molecule has 0 amide bonds. The van der Waals surface area contributed by atoms with Gasteiger partial charge in [-0.25, -0.2) is 14.8 Å². The van der Waals surface area contributed by atoms with Gasteiger partial charge < -0.3 is 16.7 Å². The Morgan fingerprint density at radius 1 is 1.17 bits per heavy atom. The van der Waals surface area contributed by atoms with Crippen LogP contribution in [0.1, 0.15) is 27.2 Å². The minimum Gasteiger partial charge on any atom is -0.478 e. The van der Waals surface area contributed by atoms with E-state index >= 15 is 0 Å². The summed E-state index contributed by atoms with van der Waals surface area (Å²) in [5.41, 5.74) is 9.09. The highest BCUT2D eigenvalue weighted by Gasteiger charge is 2.10. The second kappa shape index (κ2) is 9.07. The molecule has 148 valence electrons. The molecule has 0 aliphatic carbocycles. The summed E-state index contributed by atoms with van der Waals surface area (Å²) in [5, 5.41) is 21.9. The molecule has 0 spiro atoms. The third-order valence-corrected chi connectivity index (χ3v) is 4.09. The zero-order valence-corrected chi connectivity index (χ0v) is 15.7. The Kier molecular flexibility index (Phi) is 6.10. The van der Waals surface area contributed by atoms with E-state index in [1.54, 1.807) is 48.5 Å². The Bertz CT molecular complexity index is 1200. The number of carboxylic acids is 1. The maximum Gasteiger partial charge on any atom is 0.335 e. The lowest BCUT2D eigenvalue weighted by atomic mass is 10.1. The summed E-state index contributed by atoms with van der Waals surface area (Å²) in [5.74, 6) is 4.52.